The molecule has 0 spiro atoms. The van der Waals surface area contributed by atoms with Gasteiger partial charge in [0.25, 0.3) is 0 Å². The standard InChI is InChI=1S/C18H29F3N4OS/c1-3-22-17(24-11-16-25-15(12-27-16)18(19,20)21)23-10-9-14(26-4-2)13-7-5-6-8-13/h12-14H,3-11H2,1-2H3,(H2,22,23,24). The van der Waals surface area contributed by atoms with Gasteiger partial charge in [0.15, 0.2) is 11.7 Å². The van der Waals surface area contributed by atoms with E-state index in [0.717, 1.165) is 23.1 Å². The molecule has 1 aliphatic rings. The highest BCUT2D eigenvalue weighted by Gasteiger charge is 2.33. The molecule has 1 heterocycles. The Labute approximate surface area is 162 Å². The van der Waals surface area contributed by atoms with E-state index in [1.165, 1.54) is 25.7 Å². The van der Waals surface area contributed by atoms with Crippen LogP contribution in [-0.2, 0) is 17.5 Å². The molecule has 1 fully saturated rings. The predicted molar refractivity (Wildman–Crippen MR) is 102 cm³/mol. The van der Waals surface area contributed by atoms with Gasteiger partial charge in [0.1, 0.15) is 5.01 Å². The Balaban J connectivity index is 1.86. The first-order valence-corrected chi connectivity index (χ1v) is 10.5. The number of guanidine groups is 1. The molecule has 1 aromatic heterocycles. The molecule has 0 saturated heterocycles. The number of hydrogen-bond acceptors (Lipinski definition) is 4. The van der Waals surface area contributed by atoms with Gasteiger partial charge in [0.05, 0.1) is 12.6 Å². The van der Waals surface area contributed by atoms with Crippen LogP contribution in [0.25, 0.3) is 0 Å². The van der Waals surface area contributed by atoms with Crippen LogP contribution >= 0.6 is 11.3 Å². The second-order valence-electron chi connectivity index (χ2n) is 6.57. The smallest absolute Gasteiger partial charge is 0.378 e. The Kier molecular flexibility index (Phi) is 8.82. The van der Waals surface area contributed by atoms with Crippen LogP contribution in [0.3, 0.4) is 0 Å². The molecule has 0 radical (unpaired) electrons. The SMILES string of the molecule is CCNC(=NCc1nc(C(F)(F)F)cs1)NCCC(OCC)C1CCCC1. The number of rotatable bonds is 9. The first-order valence-electron chi connectivity index (χ1n) is 9.59. The summed E-state index contributed by atoms with van der Waals surface area (Å²) in [6, 6.07) is 0. The molecule has 1 atom stereocenters. The summed E-state index contributed by atoms with van der Waals surface area (Å²) in [4.78, 5) is 7.96. The summed E-state index contributed by atoms with van der Waals surface area (Å²) in [6.45, 7) is 6.18. The molecule has 1 unspecified atom stereocenters. The molecule has 0 aromatic carbocycles. The Hall–Kier alpha value is -1.35. The van der Waals surface area contributed by atoms with Crippen molar-refractivity contribution >= 4 is 17.3 Å². The topological polar surface area (TPSA) is 58.5 Å². The normalized spacial score (nSPS) is 17.3. The molecule has 27 heavy (non-hydrogen) atoms. The van der Waals surface area contributed by atoms with Gasteiger partial charge in [-0.1, -0.05) is 12.8 Å². The highest BCUT2D eigenvalue weighted by atomic mass is 32.1. The van der Waals surface area contributed by atoms with Gasteiger partial charge in [-0.05, 0) is 39.0 Å². The summed E-state index contributed by atoms with van der Waals surface area (Å²) < 4.78 is 43.8. The number of nitrogens with zero attached hydrogens (tertiary/aromatic N) is 2. The van der Waals surface area contributed by atoms with Crippen molar-refractivity contribution in [3.8, 4) is 0 Å². The van der Waals surface area contributed by atoms with E-state index in [4.69, 9.17) is 4.74 Å². The van der Waals surface area contributed by atoms with Gasteiger partial charge >= 0.3 is 6.18 Å². The molecule has 1 aromatic rings. The Bertz CT molecular complexity index is 585. The summed E-state index contributed by atoms with van der Waals surface area (Å²) in [5.41, 5.74) is -0.855. The van der Waals surface area contributed by atoms with Crippen molar-refractivity contribution in [2.45, 2.75) is 64.8 Å². The van der Waals surface area contributed by atoms with Gasteiger partial charge in [0, 0.05) is 25.1 Å². The van der Waals surface area contributed by atoms with Gasteiger partial charge in [-0.25, -0.2) is 9.98 Å². The fourth-order valence-corrected chi connectivity index (χ4v) is 4.06. The molecule has 0 aliphatic heterocycles. The number of ether oxygens (including phenoxy) is 1. The van der Waals surface area contributed by atoms with Crippen LogP contribution in [-0.4, -0.2) is 36.7 Å². The van der Waals surface area contributed by atoms with Gasteiger partial charge in [-0.2, -0.15) is 13.2 Å². The maximum Gasteiger partial charge on any atom is 0.434 e. The maximum atomic E-state index is 12.6. The van der Waals surface area contributed by atoms with E-state index in [1.807, 2.05) is 13.8 Å². The average molecular weight is 407 g/mol. The molecule has 9 heteroatoms. The minimum atomic E-state index is -4.41. The van der Waals surface area contributed by atoms with Crippen molar-refractivity contribution < 1.29 is 17.9 Å². The van der Waals surface area contributed by atoms with E-state index in [1.54, 1.807) is 0 Å². The zero-order valence-corrected chi connectivity index (χ0v) is 16.8. The van der Waals surface area contributed by atoms with E-state index in [-0.39, 0.29) is 12.6 Å². The van der Waals surface area contributed by atoms with Crippen molar-refractivity contribution in [2.24, 2.45) is 10.9 Å². The highest BCUT2D eigenvalue weighted by Crippen LogP contribution is 2.31. The van der Waals surface area contributed by atoms with E-state index < -0.39 is 11.9 Å². The van der Waals surface area contributed by atoms with Crippen LogP contribution in [0.15, 0.2) is 10.4 Å². The lowest BCUT2D eigenvalue weighted by Crippen LogP contribution is -2.39. The minimum Gasteiger partial charge on any atom is -0.378 e. The van der Waals surface area contributed by atoms with E-state index in [2.05, 4.69) is 20.6 Å². The maximum absolute atomic E-state index is 12.6. The largest absolute Gasteiger partial charge is 0.434 e. The molecule has 5 nitrogen and oxygen atoms in total. The van der Waals surface area contributed by atoms with Crippen LogP contribution in [0.5, 0.6) is 0 Å². The molecule has 2 N–H and O–H groups in total. The van der Waals surface area contributed by atoms with Crippen LogP contribution < -0.4 is 10.6 Å². The van der Waals surface area contributed by atoms with E-state index in [9.17, 15) is 13.2 Å². The van der Waals surface area contributed by atoms with Crippen molar-refractivity contribution in [1.29, 1.82) is 0 Å². The number of halogens is 3. The molecule has 154 valence electrons. The van der Waals surface area contributed by atoms with Crippen molar-refractivity contribution in [3.63, 3.8) is 0 Å². The van der Waals surface area contributed by atoms with Crippen molar-refractivity contribution in [3.05, 3.63) is 16.1 Å². The fraction of sp³-hybridized carbons (Fsp3) is 0.778. The second kappa shape index (κ2) is 10.8. The van der Waals surface area contributed by atoms with Crippen molar-refractivity contribution in [2.75, 3.05) is 19.7 Å². The predicted octanol–water partition coefficient (Wildman–Crippen LogP) is 4.20. The molecule has 0 amide bonds. The molecule has 2 rings (SSSR count). The summed E-state index contributed by atoms with van der Waals surface area (Å²) in [7, 11) is 0. The second-order valence-corrected chi connectivity index (χ2v) is 7.52. The number of hydrogen-bond donors (Lipinski definition) is 2. The van der Waals surface area contributed by atoms with E-state index in [0.29, 0.717) is 36.6 Å². The third kappa shape index (κ3) is 7.29. The Morgan fingerprint density at radius 1 is 1.33 bits per heavy atom. The summed E-state index contributed by atoms with van der Waals surface area (Å²) in [6.07, 6.45) is 1.74. The molecular formula is C18H29F3N4OS. The molecular weight excluding hydrogens is 377 g/mol. The monoisotopic (exact) mass is 406 g/mol. The zero-order valence-electron chi connectivity index (χ0n) is 15.9. The summed E-state index contributed by atoms with van der Waals surface area (Å²) in [5, 5.41) is 7.74. The first-order chi connectivity index (χ1) is 12.9. The molecule has 1 saturated carbocycles. The van der Waals surface area contributed by atoms with Crippen LogP contribution in [0.4, 0.5) is 13.2 Å². The molecule has 1 aliphatic carbocycles. The number of thiazole rings is 1. The van der Waals surface area contributed by atoms with Crippen LogP contribution in [0, 0.1) is 5.92 Å². The van der Waals surface area contributed by atoms with Crippen LogP contribution in [0.2, 0.25) is 0 Å². The third-order valence-electron chi connectivity index (χ3n) is 4.59. The quantitative estimate of drug-likeness (QED) is 0.477. The number of nitrogens with one attached hydrogen (secondary N) is 2. The Morgan fingerprint density at radius 2 is 2.07 bits per heavy atom. The average Bonchev–Trinajstić information content (AvgIpc) is 3.30. The number of alkyl halides is 3. The molecule has 0 bridgehead atoms. The fourth-order valence-electron chi connectivity index (χ4n) is 3.33. The minimum absolute atomic E-state index is 0.119. The van der Waals surface area contributed by atoms with Gasteiger partial charge < -0.3 is 15.4 Å². The van der Waals surface area contributed by atoms with Gasteiger partial charge in [-0.3, -0.25) is 0 Å². The third-order valence-corrected chi connectivity index (χ3v) is 5.42. The highest BCUT2D eigenvalue weighted by molar-refractivity contribution is 7.09. The lowest BCUT2D eigenvalue weighted by molar-refractivity contribution is -0.140. The lowest BCUT2D eigenvalue weighted by Gasteiger charge is -2.24. The Morgan fingerprint density at radius 3 is 2.67 bits per heavy atom. The van der Waals surface area contributed by atoms with Crippen LogP contribution in [0.1, 0.15) is 56.7 Å². The van der Waals surface area contributed by atoms with Crippen molar-refractivity contribution in [1.82, 2.24) is 15.6 Å². The number of aliphatic imine (C=N–C) groups is 1. The van der Waals surface area contributed by atoms with Gasteiger partial charge in [-0.15, -0.1) is 11.3 Å². The lowest BCUT2D eigenvalue weighted by atomic mass is 9.98. The van der Waals surface area contributed by atoms with Gasteiger partial charge in [0.2, 0.25) is 0 Å². The number of aromatic nitrogens is 1. The summed E-state index contributed by atoms with van der Waals surface area (Å²) >= 11 is 0.975. The zero-order chi connectivity index (χ0) is 19.7. The summed E-state index contributed by atoms with van der Waals surface area (Å²) in [5.74, 6) is 1.21. The van der Waals surface area contributed by atoms with E-state index >= 15 is 0 Å². The first kappa shape index (κ1) is 21.9.